The topological polar surface area (TPSA) is 96.0 Å². The van der Waals surface area contributed by atoms with Crippen LogP contribution in [-0.2, 0) is 26.2 Å². The van der Waals surface area contributed by atoms with E-state index in [1.807, 2.05) is 6.92 Å². The van der Waals surface area contributed by atoms with Gasteiger partial charge in [0.15, 0.2) is 0 Å². The van der Waals surface area contributed by atoms with Gasteiger partial charge in [0.05, 0.1) is 19.1 Å². The van der Waals surface area contributed by atoms with Crippen LogP contribution in [0.4, 0.5) is 5.69 Å². The molecule has 0 spiro atoms. The number of nitrogens with one attached hydrogen (secondary N) is 1. The van der Waals surface area contributed by atoms with Gasteiger partial charge >= 0.3 is 0 Å². The van der Waals surface area contributed by atoms with E-state index in [2.05, 4.69) is 5.32 Å². The highest BCUT2D eigenvalue weighted by atomic mass is 35.5. The minimum atomic E-state index is -3.91. The van der Waals surface area contributed by atoms with Crippen LogP contribution in [0, 0.1) is 0 Å². The second kappa shape index (κ2) is 12.3. The van der Waals surface area contributed by atoms with E-state index in [0.29, 0.717) is 17.1 Å². The van der Waals surface area contributed by atoms with Gasteiger partial charge in [0.2, 0.25) is 21.8 Å². The molecule has 0 fully saturated rings. The third kappa shape index (κ3) is 7.51. The second-order valence-corrected chi connectivity index (χ2v) is 10.5. The summed E-state index contributed by atoms with van der Waals surface area (Å²) >= 11 is 12.2. The zero-order valence-electron chi connectivity index (χ0n) is 19.5. The van der Waals surface area contributed by atoms with Crippen molar-refractivity contribution in [1.82, 2.24) is 10.2 Å². The largest absolute Gasteiger partial charge is 0.495 e. The summed E-state index contributed by atoms with van der Waals surface area (Å²) in [6, 6.07) is 10.5. The van der Waals surface area contributed by atoms with Gasteiger partial charge in [0, 0.05) is 23.1 Å². The van der Waals surface area contributed by atoms with E-state index in [0.717, 1.165) is 17.0 Å². The minimum Gasteiger partial charge on any atom is -0.495 e. The molecule has 11 heteroatoms. The number of anilines is 1. The maximum absolute atomic E-state index is 13.5. The molecule has 2 aromatic rings. The number of hydrogen-bond acceptors (Lipinski definition) is 5. The van der Waals surface area contributed by atoms with Crippen LogP contribution in [0.5, 0.6) is 5.75 Å². The van der Waals surface area contributed by atoms with Crippen LogP contribution in [-0.4, -0.2) is 57.6 Å². The molecule has 34 heavy (non-hydrogen) atoms. The lowest BCUT2D eigenvalue weighted by molar-refractivity contribution is -0.139. The first-order valence-electron chi connectivity index (χ1n) is 10.6. The molecule has 0 radical (unpaired) electrons. The molecular formula is C23H29Cl2N3O5S. The number of sulfonamides is 1. The molecule has 0 aromatic heterocycles. The number of rotatable bonds is 11. The SMILES string of the molecule is CCCNC(=O)C(C)N(Cc1cccc(Cl)c1)C(=O)CN(c1cc(Cl)ccc1OC)S(C)(=O)=O. The van der Waals surface area contributed by atoms with E-state index in [4.69, 9.17) is 27.9 Å². The van der Waals surface area contributed by atoms with E-state index >= 15 is 0 Å². The predicted octanol–water partition coefficient (Wildman–Crippen LogP) is 3.71. The van der Waals surface area contributed by atoms with Crippen molar-refractivity contribution in [1.29, 1.82) is 0 Å². The molecule has 186 valence electrons. The zero-order chi connectivity index (χ0) is 25.5. The Hall–Kier alpha value is -2.49. The van der Waals surface area contributed by atoms with Crippen molar-refractivity contribution in [2.24, 2.45) is 0 Å². The molecule has 2 rings (SSSR count). The van der Waals surface area contributed by atoms with Crippen LogP contribution in [0.2, 0.25) is 10.0 Å². The van der Waals surface area contributed by atoms with Crippen LogP contribution in [0.15, 0.2) is 42.5 Å². The maximum Gasteiger partial charge on any atom is 0.244 e. The molecule has 0 bridgehead atoms. The van der Waals surface area contributed by atoms with Crippen molar-refractivity contribution in [3.8, 4) is 5.75 Å². The number of halogens is 2. The Kier molecular flexibility index (Phi) is 10.0. The third-order valence-corrected chi connectivity index (χ3v) is 6.64. The summed E-state index contributed by atoms with van der Waals surface area (Å²) in [5.41, 5.74) is 0.818. The Labute approximate surface area is 210 Å². The highest BCUT2D eigenvalue weighted by molar-refractivity contribution is 7.92. The fourth-order valence-electron chi connectivity index (χ4n) is 3.26. The fraction of sp³-hybridized carbons (Fsp3) is 0.391. The molecule has 0 aliphatic carbocycles. The van der Waals surface area contributed by atoms with Crippen molar-refractivity contribution >= 4 is 50.7 Å². The normalized spacial score (nSPS) is 12.1. The molecule has 1 unspecified atom stereocenters. The van der Waals surface area contributed by atoms with Crippen LogP contribution < -0.4 is 14.4 Å². The smallest absolute Gasteiger partial charge is 0.244 e. The van der Waals surface area contributed by atoms with E-state index in [1.165, 1.54) is 24.1 Å². The lowest BCUT2D eigenvalue weighted by atomic mass is 10.1. The Bertz CT molecular complexity index is 1130. The molecule has 0 saturated heterocycles. The Morgan fingerprint density at radius 3 is 2.38 bits per heavy atom. The molecule has 2 amide bonds. The fourth-order valence-corrected chi connectivity index (χ4v) is 4.49. The average Bonchev–Trinajstić information content (AvgIpc) is 2.78. The summed E-state index contributed by atoms with van der Waals surface area (Å²) in [6.07, 6.45) is 1.72. The quantitative estimate of drug-likeness (QED) is 0.478. The number of carbonyl (C=O) groups excluding carboxylic acids is 2. The molecule has 0 saturated carbocycles. The van der Waals surface area contributed by atoms with Gasteiger partial charge in [-0.2, -0.15) is 0 Å². The Morgan fingerprint density at radius 1 is 1.12 bits per heavy atom. The van der Waals surface area contributed by atoms with E-state index < -0.39 is 28.5 Å². The van der Waals surface area contributed by atoms with Gasteiger partial charge in [0.25, 0.3) is 0 Å². The maximum atomic E-state index is 13.5. The van der Waals surface area contributed by atoms with Gasteiger partial charge in [-0.05, 0) is 49.2 Å². The summed E-state index contributed by atoms with van der Waals surface area (Å²) in [6.45, 7) is 3.48. The Balaban J connectivity index is 2.45. The van der Waals surface area contributed by atoms with Gasteiger partial charge < -0.3 is 15.0 Å². The molecule has 1 atom stereocenters. The summed E-state index contributed by atoms with van der Waals surface area (Å²) in [4.78, 5) is 27.5. The first-order valence-corrected chi connectivity index (χ1v) is 13.2. The van der Waals surface area contributed by atoms with Crippen molar-refractivity contribution < 1.29 is 22.7 Å². The number of benzene rings is 2. The number of nitrogens with zero attached hydrogens (tertiary/aromatic N) is 2. The summed E-state index contributed by atoms with van der Waals surface area (Å²) in [5.74, 6) is -0.687. The first kappa shape index (κ1) is 27.8. The molecule has 0 aliphatic rings. The summed E-state index contributed by atoms with van der Waals surface area (Å²) < 4.78 is 31.6. The lowest BCUT2D eigenvalue weighted by Gasteiger charge is -2.32. The molecular weight excluding hydrogens is 501 g/mol. The molecule has 0 heterocycles. The van der Waals surface area contributed by atoms with Crippen LogP contribution in [0.3, 0.4) is 0 Å². The highest BCUT2D eigenvalue weighted by Gasteiger charge is 2.31. The third-order valence-electron chi connectivity index (χ3n) is 5.05. The highest BCUT2D eigenvalue weighted by Crippen LogP contribution is 2.33. The van der Waals surface area contributed by atoms with Crippen molar-refractivity contribution in [3.63, 3.8) is 0 Å². The minimum absolute atomic E-state index is 0.0599. The van der Waals surface area contributed by atoms with Gasteiger partial charge in [-0.1, -0.05) is 42.3 Å². The number of methoxy groups -OCH3 is 1. The van der Waals surface area contributed by atoms with Gasteiger partial charge in [0.1, 0.15) is 18.3 Å². The van der Waals surface area contributed by atoms with E-state index in [9.17, 15) is 18.0 Å². The molecule has 2 aromatic carbocycles. The molecule has 1 N–H and O–H groups in total. The lowest BCUT2D eigenvalue weighted by Crippen LogP contribution is -2.51. The predicted molar refractivity (Wildman–Crippen MR) is 135 cm³/mol. The standard InChI is InChI=1S/C23H29Cl2N3O5S/c1-5-11-26-23(30)16(2)27(14-17-7-6-8-18(24)12-17)22(29)15-28(34(4,31)32)20-13-19(25)9-10-21(20)33-3/h6-10,12-13,16H,5,11,14-15H2,1-4H3,(H,26,30). The van der Waals surface area contributed by atoms with E-state index in [1.54, 1.807) is 37.3 Å². The van der Waals surface area contributed by atoms with Crippen molar-refractivity contribution in [2.75, 3.05) is 30.8 Å². The Morgan fingerprint density at radius 2 is 1.79 bits per heavy atom. The van der Waals surface area contributed by atoms with E-state index in [-0.39, 0.29) is 28.9 Å². The first-order chi connectivity index (χ1) is 16.0. The van der Waals surface area contributed by atoms with Gasteiger partial charge in [-0.15, -0.1) is 0 Å². The van der Waals surface area contributed by atoms with Crippen molar-refractivity contribution in [2.45, 2.75) is 32.9 Å². The van der Waals surface area contributed by atoms with Crippen LogP contribution in [0.1, 0.15) is 25.8 Å². The van der Waals surface area contributed by atoms with Gasteiger partial charge in [-0.25, -0.2) is 8.42 Å². The monoisotopic (exact) mass is 529 g/mol. The number of amides is 2. The van der Waals surface area contributed by atoms with Crippen molar-refractivity contribution in [3.05, 3.63) is 58.1 Å². The zero-order valence-corrected chi connectivity index (χ0v) is 21.9. The summed E-state index contributed by atoms with van der Waals surface area (Å²) in [5, 5.41) is 3.54. The average molecular weight is 530 g/mol. The van der Waals surface area contributed by atoms with Gasteiger partial charge in [-0.3, -0.25) is 13.9 Å². The van der Waals surface area contributed by atoms with Crippen LogP contribution >= 0.6 is 23.2 Å². The molecule has 8 nitrogen and oxygen atoms in total. The second-order valence-electron chi connectivity index (χ2n) is 7.70. The van der Waals surface area contributed by atoms with Crippen LogP contribution in [0.25, 0.3) is 0 Å². The number of ether oxygens (including phenoxy) is 1. The molecule has 0 aliphatic heterocycles. The summed E-state index contributed by atoms with van der Waals surface area (Å²) in [7, 11) is -2.52. The number of hydrogen-bond donors (Lipinski definition) is 1. The number of carbonyl (C=O) groups is 2.